The van der Waals surface area contributed by atoms with Crippen LogP contribution in [0.1, 0.15) is 26.0 Å². The number of nitrogens with one attached hydrogen (secondary N) is 2. The van der Waals surface area contributed by atoms with Gasteiger partial charge in [-0.25, -0.2) is 12.7 Å². The molecule has 2 N–H and O–H groups in total. The Kier molecular flexibility index (Phi) is 12.8. The molecule has 7 nitrogen and oxygen atoms in total. The first-order valence-electron chi connectivity index (χ1n) is 8.34. The van der Waals surface area contributed by atoms with Gasteiger partial charge in [0.05, 0.1) is 6.26 Å². The third-order valence-electron chi connectivity index (χ3n) is 3.40. The smallest absolute Gasteiger partial charge is 0.211 e. The van der Waals surface area contributed by atoms with Crippen LogP contribution in [0.4, 0.5) is 0 Å². The molecule has 0 bridgehead atoms. The number of aliphatic imine (C=N–C) groups is 1. The monoisotopic (exact) mass is 483 g/mol. The van der Waals surface area contributed by atoms with E-state index in [4.69, 9.17) is 0 Å². The van der Waals surface area contributed by atoms with Gasteiger partial charge in [-0.3, -0.25) is 9.98 Å². The second-order valence-corrected chi connectivity index (χ2v) is 7.35. The zero-order valence-electron chi connectivity index (χ0n) is 15.2. The lowest BCUT2D eigenvalue weighted by atomic mass is 10.3. The molecule has 1 aromatic rings. The Balaban J connectivity index is 0.00000576. The minimum absolute atomic E-state index is 0. The fourth-order valence-electron chi connectivity index (χ4n) is 2.19. The van der Waals surface area contributed by atoms with Crippen LogP contribution in [0.2, 0.25) is 0 Å². The highest BCUT2D eigenvalue weighted by Gasteiger charge is 2.12. The van der Waals surface area contributed by atoms with E-state index in [0.29, 0.717) is 26.1 Å². The molecule has 0 saturated carbocycles. The van der Waals surface area contributed by atoms with Crippen molar-refractivity contribution in [3.05, 3.63) is 30.1 Å². The molecule has 0 aliphatic carbocycles. The molecule has 0 atom stereocenters. The van der Waals surface area contributed by atoms with Crippen molar-refractivity contribution in [2.24, 2.45) is 4.99 Å². The summed E-state index contributed by atoms with van der Waals surface area (Å²) in [5.41, 5.74) is 1.03. The van der Waals surface area contributed by atoms with E-state index in [1.54, 1.807) is 6.20 Å². The largest absolute Gasteiger partial charge is 0.357 e. The van der Waals surface area contributed by atoms with Gasteiger partial charge >= 0.3 is 0 Å². The second kappa shape index (κ2) is 13.3. The van der Waals surface area contributed by atoms with Crippen LogP contribution in [-0.2, 0) is 16.4 Å². The van der Waals surface area contributed by atoms with Crippen molar-refractivity contribution < 1.29 is 8.42 Å². The van der Waals surface area contributed by atoms with E-state index < -0.39 is 10.0 Å². The normalized spacial score (nSPS) is 11.9. The molecule has 1 rings (SSSR count). The van der Waals surface area contributed by atoms with E-state index in [9.17, 15) is 8.42 Å². The van der Waals surface area contributed by atoms with Crippen LogP contribution >= 0.6 is 24.0 Å². The summed E-state index contributed by atoms with van der Waals surface area (Å²) in [5, 5.41) is 6.46. The van der Waals surface area contributed by atoms with Crippen LogP contribution in [0.3, 0.4) is 0 Å². The Morgan fingerprint density at radius 1 is 1.28 bits per heavy atom. The van der Waals surface area contributed by atoms with Gasteiger partial charge in [-0.15, -0.1) is 24.0 Å². The van der Waals surface area contributed by atoms with Gasteiger partial charge in [0, 0.05) is 51.0 Å². The summed E-state index contributed by atoms with van der Waals surface area (Å²) in [6.07, 6.45) is 4.54. The van der Waals surface area contributed by atoms with Crippen molar-refractivity contribution >= 4 is 40.0 Å². The first-order valence-corrected chi connectivity index (χ1v) is 10.2. The highest BCUT2D eigenvalue weighted by atomic mass is 127. The Hall–Kier alpha value is -0.940. The van der Waals surface area contributed by atoms with Crippen molar-refractivity contribution in [2.45, 2.75) is 26.7 Å². The number of aromatic nitrogens is 1. The number of guanidine groups is 1. The van der Waals surface area contributed by atoms with E-state index in [0.717, 1.165) is 31.2 Å². The molecule has 0 aliphatic rings. The molecule has 9 heteroatoms. The average molecular weight is 483 g/mol. The van der Waals surface area contributed by atoms with E-state index in [1.807, 2.05) is 32.0 Å². The lowest BCUT2D eigenvalue weighted by molar-refractivity contribution is 0.427. The van der Waals surface area contributed by atoms with Crippen molar-refractivity contribution in [3.8, 4) is 0 Å². The standard InChI is InChI=1S/C16H29N5O2S.HI/c1-4-17-16(20-13-10-15-9-6-7-11-18-15)19-12-8-14-21(5-2)24(3,22)23;/h6-7,9,11H,4-5,8,10,12-14H2,1-3H3,(H2,17,19,20);1H. The minimum Gasteiger partial charge on any atom is -0.357 e. The van der Waals surface area contributed by atoms with E-state index >= 15 is 0 Å². The molecule has 0 fully saturated rings. The summed E-state index contributed by atoms with van der Waals surface area (Å²) in [6, 6.07) is 5.87. The summed E-state index contributed by atoms with van der Waals surface area (Å²) in [5.74, 6) is 0.746. The predicted molar refractivity (Wildman–Crippen MR) is 114 cm³/mol. The van der Waals surface area contributed by atoms with Gasteiger partial charge in [-0.1, -0.05) is 13.0 Å². The maximum atomic E-state index is 11.5. The first-order chi connectivity index (χ1) is 11.5. The molecular formula is C16H30IN5O2S. The molecule has 0 aliphatic heterocycles. The molecule has 0 spiro atoms. The summed E-state index contributed by atoms with van der Waals surface area (Å²) in [6.45, 7) is 6.93. The Bertz CT molecular complexity index is 596. The quantitative estimate of drug-likeness (QED) is 0.228. The van der Waals surface area contributed by atoms with E-state index in [-0.39, 0.29) is 24.0 Å². The molecule has 0 amide bonds. The molecule has 1 aromatic heterocycles. The van der Waals surface area contributed by atoms with E-state index in [2.05, 4.69) is 20.6 Å². The molecule has 0 saturated heterocycles. The fraction of sp³-hybridized carbons (Fsp3) is 0.625. The number of rotatable bonds is 10. The molecule has 144 valence electrons. The van der Waals surface area contributed by atoms with Crippen LogP contribution in [0.15, 0.2) is 29.4 Å². The van der Waals surface area contributed by atoms with Crippen LogP contribution < -0.4 is 10.6 Å². The zero-order valence-corrected chi connectivity index (χ0v) is 18.4. The van der Waals surface area contributed by atoms with Gasteiger partial charge in [0.2, 0.25) is 10.0 Å². The number of hydrogen-bond acceptors (Lipinski definition) is 4. The third kappa shape index (κ3) is 10.6. The third-order valence-corrected chi connectivity index (χ3v) is 4.78. The number of nitrogens with zero attached hydrogens (tertiary/aromatic N) is 3. The van der Waals surface area contributed by atoms with E-state index in [1.165, 1.54) is 10.6 Å². The maximum absolute atomic E-state index is 11.5. The lowest BCUT2D eigenvalue weighted by Gasteiger charge is -2.17. The van der Waals surface area contributed by atoms with Crippen LogP contribution in [0.5, 0.6) is 0 Å². The molecule has 0 radical (unpaired) electrons. The summed E-state index contributed by atoms with van der Waals surface area (Å²) >= 11 is 0. The molecule has 1 heterocycles. The van der Waals surface area contributed by atoms with Crippen molar-refractivity contribution in [1.82, 2.24) is 19.9 Å². The average Bonchev–Trinajstić information content (AvgIpc) is 2.54. The molecular weight excluding hydrogens is 453 g/mol. The highest BCUT2D eigenvalue weighted by molar-refractivity contribution is 14.0. The van der Waals surface area contributed by atoms with Crippen LogP contribution in [0.25, 0.3) is 0 Å². The summed E-state index contributed by atoms with van der Waals surface area (Å²) < 4.78 is 24.5. The Morgan fingerprint density at radius 2 is 2.04 bits per heavy atom. The van der Waals surface area contributed by atoms with Gasteiger partial charge < -0.3 is 10.6 Å². The van der Waals surface area contributed by atoms with Crippen molar-refractivity contribution in [1.29, 1.82) is 0 Å². The molecule has 0 aromatic carbocycles. The van der Waals surface area contributed by atoms with Crippen LogP contribution in [-0.4, -0.2) is 62.6 Å². The second-order valence-electron chi connectivity index (χ2n) is 5.37. The Labute approximate surface area is 168 Å². The van der Waals surface area contributed by atoms with Gasteiger partial charge in [0.1, 0.15) is 0 Å². The maximum Gasteiger partial charge on any atom is 0.211 e. The van der Waals surface area contributed by atoms with Gasteiger partial charge in [-0.05, 0) is 25.5 Å². The topological polar surface area (TPSA) is 86.7 Å². The number of pyridine rings is 1. The Morgan fingerprint density at radius 3 is 2.60 bits per heavy atom. The first kappa shape index (κ1) is 24.1. The fourth-order valence-corrected chi connectivity index (χ4v) is 3.12. The SMILES string of the molecule is CCNC(=NCCCN(CC)S(C)(=O)=O)NCCc1ccccn1.I. The number of sulfonamides is 1. The van der Waals surface area contributed by atoms with Crippen molar-refractivity contribution in [2.75, 3.05) is 39.0 Å². The molecule has 25 heavy (non-hydrogen) atoms. The highest BCUT2D eigenvalue weighted by Crippen LogP contribution is 1.99. The van der Waals surface area contributed by atoms with Crippen LogP contribution in [0, 0.1) is 0 Å². The summed E-state index contributed by atoms with van der Waals surface area (Å²) in [7, 11) is -3.12. The number of halogens is 1. The lowest BCUT2D eigenvalue weighted by Crippen LogP contribution is -2.38. The minimum atomic E-state index is -3.12. The summed E-state index contributed by atoms with van der Waals surface area (Å²) in [4.78, 5) is 8.77. The zero-order chi connectivity index (χ0) is 17.8. The van der Waals surface area contributed by atoms with Gasteiger partial charge in [0.25, 0.3) is 0 Å². The molecule has 0 unspecified atom stereocenters. The van der Waals surface area contributed by atoms with Crippen molar-refractivity contribution in [3.63, 3.8) is 0 Å². The predicted octanol–water partition coefficient (Wildman–Crippen LogP) is 1.47. The van der Waals surface area contributed by atoms with Gasteiger partial charge in [0.15, 0.2) is 5.96 Å². The van der Waals surface area contributed by atoms with Gasteiger partial charge in [-0.2, -0.15) is 0 Å². The number of hydrogen-bond donors (Lipinski definition) is 2.